The number of cyclic esters (lactones) is 1. The quantitative estimate of drug-likeness (QED) is 0.249. The number of rotatable bonds is 6. The fourth-order valence-corrected chi connectivity index (χ4v) is 4.37. The molecule has 1 amide bonds. The van der Waals surface area contributed by atoms with Crippen LogP contribution in [0.5, 0.6) is 5.75 Å². The Morgan fingerprint density at radius 3 is 2.09 bits per heavy atom. The van der Waals surface area contributed by atoms with Gasteiger partial charge in [0.25, 0.3) is 0 Å². The van der Waals surface area contributed by atoms with Crippen molar-refractivity contribution in [2.75, 3.05) is 7.04 Å². The second kappa shape index (κ2) is 11.5. The van der Waals surface area contributed by atoms with E-state index in [2.05, 4.69) is 0 Å². The smallest absolute Gasteiger partial charge is 0.416 e. The predicted octanol–water partition coefficient (Wildman–Crippen LogP) is 9.76. The van der Waals surface area contributed by atoms with E-state index in [-0.39, 0.29) is 36.4 Å². The van der Waals surface area contributed by atoms with Gasteiger partial charge in [-0.25, -0.2) is 9.18 Å². The fraction of sp³-hybridized carbons (Fsp3) is 0.367. The lowest BCUT2D eigenvalue weighted by Crippen LogP contribution is -2.32. The molecule has 1 aliphatic heterocycles. The third-order valence-corrected chi connectivity index (χ3v) is 6.34. The molecular formula is C30H25F10NO3. The number of ether oxygens (including phenoxy) is 2. The van der Waals surface area contributed by atoms with E-state index in [4.69, 9.17) is 28.7 Å². The minimum atomic E-state index is -5.55. The maximum atomic E-state index is 15.9. The first-order chi connectivity index (χ1) is 25.8. The van der Waals surface area contributed by atoms with Crippen LogP contribution in [0, 0.1) is 5.82 Å². The third kappa shape index (κ3) is 6.43. The molecule has 0 aromatic heterocycles. The summed E-state index contributed by atoms with van der Waals surface area (Å²) in [7, 11) is -3.59. The molecule has 14 heteroatoms. The minimum absolute atomic E-state index is 0.0536. The number of carbonyl (C=O) groups excluding carboxylic acids is 1. The van der Waals surface area contributed by atoms with Crippen LogP contribution >= 0.6 is 0 Å². The summed E-state index contributed by atoms with van der Waals surface area (Å²) in [6.07, 6.45) is -21.5. The Hall–Kier alpha value is -3.97. The summed E-state index contributed by atoms with van der Waals surface area (Å²) in [6, 6.07) is -2.47. The number of amides is 1. The number of carbonyl (C=O) groups is 1. The van der Waals surface area contributed by atoms with Crippen LogP contribution in [-0.2, 0) is 29.8 Å². The molecule has 1 aliphatic rings. The van der Waals surface area contributed by atoms with Gasteiger partial charge in [-0.3, -0.25) is 4.90 Å². The molecule has 0 saturated carbocycles. The Morgan fingerprint density at radius 2 is 1.55 bits per heavy atom. The van der Waals surface area contributed by atoms with E-state index in [1.54, 1.807) is 0 Å². The molecule has 1 fully saturated rings. The highest BCUT2D eigenvalue weighted by Gasteiger charge is 2.44. The molecule has 0 unspecified atom stereocenters. The van der Waals surface area contributed by atoms with Crippen LogP contribution in [-0.4, -0.2) is 24.1 Å². The lowest BCUT2D eigenvalue weighted by Gasteiger charge is -2.25. The molecule has 0 radical (unpaired) electrons. The summed E-state index contributed by atoms with van der Waals surface area (Å²) in [4.78, 5) is 13.0. The van der Waals surface area contributed by atoms with Crippen LogP contribution in [0.3, 0.4) is 0 Å². The number of alkyl halides is 9. The summed E-state index contributed by atoms with van der Waals surface area (Å²) in [5, 5.41) is 0. The van der Waals surface area contributed by atoms with Gasteiger partial charge in [-0.05, 0) is 71.9 Å². The zero-order valence-corrected chi connectivity index (χ0v) is 21.3. The average molecular weight is 652 g/mol. The maximum Gasteiger partial charge on any atom is 0.416 e. The molecule has 2 atom stereocenters. The first-order valence-electron chi connectivity index (χ1n) is 18.8. The third-order valence-electron chi connectivity index (χ3n) is 6.34. The van der Waals surface area contributed by atoms with Crippen molar-refractivity contribution in [2.45, 2.75) is 63.6 Å². The van der Waals surface area contributed by atoms with E-state index >= 15 is 4.39 Å². The van der Waals surface area contributed by atoms with Gasteiger partial charge < -0.3 is 9.47 Å². The standard InChI is InChI=1S/C30H25F10NO3/c1-14(2)24-22(31)7-8-23(43-4)25(24)21-6-5-18(28(32,33)34)11-17(21)13-41-15(3)26(44-27(41)42)16-9-19(29(35,36)37)12-20(10-16)30(38,39)40/h5-12,14-15,26H,13H2,1-4H3/t15-,26-/m0/s1/i1D3,2D3,3D3,4D3,13D2. The van der Waals surface area contributed by atoms with Crippen molar-refractivity contribution in [1.82, 2.24) is 4.90 Å². The lowest BCUT2D eigenvalue weighted by molar-refractivity contribution is -0.143. The Balaban J connectivity index is 2.17. The molecule has 3 aromatic carbocycles. The topological polar surface area (TPSA) is 38.8 Å². The fourth-order valence-electron chi connectivity index (χ4n) is 4.37. The summed E-state index contributed by atoms with van der Waals surface area (Å²) < 4.78 is 263. The predicted molar refractivity (Wildman–Crippen MR) is 138 cm³/mol. The second-order valence-electron chi connectivity index (χ2n) is 9.20. The van der Waals surface area contributed by atoms with Crippen LogP contribution in [0.1, 0.15) is 85.1 Å². The van der Waals surface area contributed by atoms with Crippen LogP contribution in [0.15, 0.2) is 48.5 Å². The van der Waals surface area contributed by atoms with Crippen LogP contribution in [0.2, 0.25) is 0 Å². The number of halogens is 10. The normalized spacial score (nSPS) is 24.0. The van der Waals surface area contributed by atoms with E-state index in [0.29, 0.717) is 12.1 Å². The molecule has 3 aromatic rings. The van der Waals surface area contributed by atoms with E-state index < -0.39 is 138 Å². The van der Waals surface area contributed by atoms with Gasteiger partial charge in [0.2, 0.25) is 0 Å². The number of hydrogen-bond donors (Lipinski definition) is 0. The molecule has 1 heterocycles. The van der Waals surface area contributed by atoms with Crippen molar-refractivity contribution in [3.63, 3.8) is 0 Å². The molecule has 1 saturated heterocycles. The number of benzene rings is 3. The minimum Gasteiger partial charge on any atom is -0.496 e. The van der Waals surface area contributed by atoms with E-state index in [9.17, 15) is 44.3 Å². The molecular weight excluding hydrogens is 612 g/mol. The summed E-state index contributed by atoms with van der Waals surface area (Å²) in [5.74, 6) is -5.97. The van der Waals surface area contributed by atoms with Crippen molar-refractivity contribution < 1.29 is 77.4 Å². The zero-order chi connectivity index (χ0) is 44.7. The highest BCUT2D eigenvalue weighted by atomic mass is 19.4. The van der Waals surface area contributed by atoms with Crippen molar-refractivity contribution in [2.24, 2.45) is 0 Å². The molecule has 44 heavy (non-hydrogen) atoms. The largest absolute Gasteiger partial charge is 0.496 e. The summed E-state index contributed by atoms with van der Waals surface area (Å²) in [6.45, 7) is -15.6. The maximum absolute atomic E-state index is 15.9. The zero-order valence-electron chi connectivity index (χ0n) is 35.3. The Kier molecular flexibility index (Phi) is 4.90. The van der Waals surface area contributed by atoms with Gasteiger partial charge in [-0.15, -0.1) is 0 Å². The first kappa shape index (κ1) is 18.7. The summed E-state index contributed by atoms with van der Waals surface area (Å²) in [5.41, 5.74) is -12.9. The van der Waals surface area contributed by atoms with Crippen molar-refractivity contribution in [3.8, 4) is 16.9 Å². The Morgan fingerprint density at radius 1 is 0.909 bits per heavy atom. The van der Waals surface area contributed by atoms with E-state index in [1.165, 1.54) is 0 Å². The first-order valence-corrected chi connectivity index (χ1v) is 11.8. The number of methoxy groups -OCH3 is 1. The second-order valence-corrected chi connectivity index (χ2v) is 9.20. The molecule has 0 spiro atoms. The lowest BCUT2D eigenvalue weighted by atomic mass is 9.88. The van der Waals surface area contributed by atoms with Gasteiger partial charge in [0.15, 0.2) is 0 Å². The van der Waals surface area contributed by atoms with Gasteiger partial charge in [-0.1, -0.05) is 19.8 Å². The highest BCUT2D eigenvalue weighted by molar-refractivity contribution is 5.79. The molecule has 4 rings (SSSR count). The van der Waals surface area contributed by atoms with Crippen molar-refractivity contribution in [1.29, 1.82) is 0 Å². The SMILES string of the molecule is [2H]C([2H])([2H])Oc1ccc(F)c(C(C([2H])([2H])[2H])C([2H])([2H])[2H])c1-c1ccc(C(F)(F)F)cc1C([2H])([2H])N1C(=O)O[C@H](c2cc(C(F)(F)F)cc(C(F)(F)F)c2)[C@@H]1C([2H])([2H])[2H]. The average Bonchev–Trinajstić information content (AvgIpc) is 3.37. The molecule has 4 nitrogen and oxygen atoms in total. The van der Waals surface area contributed by atoms with Crippen molar-refractivity contribution >= 4 is 6.09 Å². The Bertz CT molecular complexity index is 2010. The van der Waals surface area contributed by atoms with Gasteiger partial charge in [0.1, 0.15) is 17.7 Å². The molecule has 0 aliphatic carbocycles. The van der Waals surface area contributed by atoms with Crippen LogP contribution in [0.4, 0.5) is 48.7 Å². The van der Waals surface area contributed by atoms with E-state index in [0.717, 1.165) is 0 Å². The highest BCUT2D eigenvalue weighted by Crippen LogP contribution is 2.45. The van der Waals surface area contributed by atoms with E-state index in [1.807, 2.05) is 0 Å². The monoisotopic (exact) mass is 651 g/mol. The number of hydrogen-bond acceptors (Lipinski definition) is 3. The molecule has 0 bridgehead atoms. The van der Waals surface area contributed by atoms with Gasteiger partial charge >= 0.3 is 24.6 Å². The van der Waals surface area contributed by atoms with Gasteiger partial charge in [0, 0.05) is 23.5 Å². The van der Waals surface area contributed by atoms with Gasteiger partial charge in [0.05, 0.1) is 43.1 Å². The van der Waals surface area contributed by atoms with Crippen molar-refractivity contribution in [3.05, 3.63) is 87.7 Å². The van der Waals surface area contributed by atoms with Crippen LogP contribution < -0.4 is 4.74 Å². The van der Waals surface area contributed by atoms with Crippen LogP contribution in [0.25, 0.3) is 11.1 Å². The number of nitrogens with zero attached hydrogens (tertiary/aromatic N) is 1. The van der Waals surface area contributed by atoms with Gasteiger partial charge in [-0.2, -0.15) is 39.5 Å². The molecule has 238 valence electrons. The summed E-state index contributed by atoms with van der Waals surface area (Å²) >= 11 is 0. The molecule has 0 N–H and O–H groups in total. The Labute approximate surface area is 264 Å².